The number of aliphatic hydroxyl groups excluding tert-OH is 1. The summed E-state index contributed by atoms with van der Waals surface area (Å²) in [5.74, 6) is 0.864. The van der Waals surface area contributed by atoms with Crippen LogP contribution in [-0.2, 0) is 5.41 Å². The number of aryl methyl sites for hydroxylation is 1. The highest BCUT2D eigenvalue weighted by molar-refractivity contribution is 5.41. The Morgan fingerprint density at radius 3 is 2.56 bits per heavy atom. The number of rotatable bonds is 5. The quantitative estimate of drug-likeness (QED) is 0.843. The average Bonchev–Trinajstić information content (AvgIpc) is 2.26. The summed E-state index contributed by atoms with van der Waals surface area (Å²) in [6.07, 6.45) is -0.482. The van der Waals surface area contributed by atoms with Gasteiger partial charge in [-0.1, -0.05) is 38.5 Å². The minimum Gasteiger partial charge on any atom is -0.491 e. The van der Waals surface area contributed by atoms with Crippen molar-refractivity contribution in [1.82, 2.24) is 5.32 Å². The second kappa shape index (κ2) is 6.21. The van der Waals surface area contributed by atoms with E-state index in [1.807, 2.05) is 19.2 Å². The van der Waals surface area contributed by atoms with Gasteiger partial charge in [0, 0.05) is 6.54 Å². The number of aliphatic hydroxyl groups is 1. The van der Waals surface area contributed by atoms with Crippen LogP contribution in [0.15, 0.2) is 18.2 Å². The lowest BCUT2D eigenvalue weighted by Crippen LogP contribution is -2.29. The molecule has 102 valence electrons. The molecule has 3 nitrogen and oxygen atoms in total. The lowest BCUT2D eigenvalue weighted by molar-refractivity contribution is 0.107. The molecule has 0 radical (unpaired) electrons. The van der Waals surface area contributed by atoms with Crippen LogP contribution in [0.25, 0.3) is 0 Å². The highest BCUT2D eigenvalue weighted by Crippen LogP contribution is 2.32. The highest BCUT2D eigenvalue weighted by atomic mass is 16.5. The third-order valence-electron chi connectivity index (χ3n) is 2.81. The van der Waals surface area contributed by atoms with Gasteiger partial charge in [-0.15, -0.1) is 0 Å². The van der Waals surface area contributed by atoms with Gasteiger partial charge in [-0.25, -0.2) is 0 Å². The molecular formula is C15H25NO2. The number of nitrogens with one attached hydrogen (secondary N) is 1. The normalized spacial score (nSPS) is 13.4. The van der Waals surface area contributed by atoms with Gasteiger partial charge in [0.1, 0.15) is 18.5 Å². The van der Waals surface area contributed by atoms with E-state index in [9.17, 15) is 5.11 Å². The summed E-state index contributed by atoms with van der Waals surface area (Å²) in [6, 6.07) is 6.18. The molecule has 18 heavy (non-hydrogen) atoms. The van der Waals surface area contributed by atoms with Crippen LogP contribution in [0.5, 0.6) is 5.75 Å². The van der Waals surface area contributed by atoms with Gasteiger partial charge in [-0.05, 0) is 31.0 Å². The van der Waals surface area contributed by atoms with Gasteiger partial charge in [0.25, 0.3) is 0 Å². The predicted octanol–water partition coefficient (Wildman–Crippen LogP) is 2.25. The molecule has 0 amide bonds. The van der Waals surface area contributed by atoms with Crippen molar-refractivity contribution >= 4 is 0 Å². The zero-order chi connectivity index (χ0) is 13.8. The number of likely N-dealkylation sites (N-methyl/N-ethyl adjacent to an activating group) is 1. The Hall–Kier alpha value is -1.06. The number of hydrogen-bond donors (Lipinski definition) is 2. The van der Waals surface area contributed by atoms with E-state index in [4.69, 9.17) is 4.74 Å². The fourth-order valence-electron chi connectivity index (χ4n) is 1.84. The van der Waals surface area contributed by atoms with Crippen LogP contribution in [-0.4, -0.2) is 31.4 Å². The fraction of sp³-hybridized carbons (Fsp3) is 0.600. The van der Waals surface area contributed by atoms with Crippen molar-refractivity contribution in [1.29, 1.82) is 0 Å². The molecule has 3 heteroatoms. The van der Waals surface area contributed by atoms with Crippen molar-refractivity contribution < 1.29 is 9.84 Å². The standard InChI is InChI=1S/C15H25NO2/c1-11-6-7-14(13(8-11)15(2,3)4)18-10-12(17)9-16-5/h6-8,12,16-17H,9-10H2,1-5H3. The topological polar surface area (TPSA) is 41.5 Å². The minimum atomic E-state index is -0.482. The summed E-state index contributed by atoms with van der Waals surface area (Å²) in [5.41, 5.74) is 2.44. The smallest absolute Gasteiger partial charge is 0.123 e. The van der Waals surface area contributed by atoms with Gasteiger partial charge >= 0.3 is 0 Å². The summed E-state index contributed by atoms with van der Waals surface area (Å²) in [4.78, 5) is 0. The number of hydrogen-bond acceptors (Lipinski definition) is 3. The zero-order valence-electron chi connectivity index (χ0n) is 12.1. The monoisotopic (exact) mass is 251 g/mol. The summed E-state index contributed by atoms with van der Waals surface area (Å²) in [7, 11) is 1.82. The molecule has 2 N–H and O–H groups in total. The van der Waals surface area contributed by atoms with Gasteiger partial charge in [0.2, 0.25) is 0 Å². The molecule has 1 unspecified atom stereocenters. The van der Waals surface area contributed by atoms with E-state index in [-0.39, 0.29) is 5.41 Å². The highest BCUT2D eigenvalue weighted by Gasteiger charge is 2.19. The second-order valence-electron chi connectivity index (χ2n) is 5.77. The lowest BCUT2D eigenvalue weighted by atomic mass is 9.85. The van der Waals surface area contributed by atoms with E-state index < -0.39 is 6.10 Å². The summed E-state index contributed by atoms with van der Waals surface area (Å²) >= 11 is 0. The van der Waals surface area contributed by atoms with Crippen LogP contribution >= 0.6 is 0 Å². The van der Waals surface area contributed by atoms with Crippen LogP contribution in [0.4, 0.5) is 0 Å². The molecule has 0 heterocycles. The summed E-state index contributed by atoms with van der Waals surface area (Å²) in [6.45, 7) is 9.43. The first kappa shape index (κ1) is 15.0. The molecule has 0 bridgehead atoms. The SMILES string of the molecule is CNCC(O)COc1ccc(C)cc1C(C)(C)C. The molecule has 0 aromatic heterocycles. The molecule has 1 rings (SSSR count). The maximum Gasteiger partial charge on any atom is 0.123 e. The van der Waals surface area contributed by atoms with Gasteiger partial charge < -0.3 is 15.2 Å². The molecule has 0 aliphatic carbocycles. The third kappa shape index (κ3) is 4.31. The van der Waals surface area contributed by atoms with E-state index in [1.165, 1.54) is 11.1 Å². The Balaban J connectivity index is 2.82. The van der Waals surface area contributed by atoms with Crippen LogP contribution in [0.3, 0.4) is 0 Å². The van der Waals surface area contributed by atoms with Gasteiger partial charge in [-0.3, -0.25) is 0 Å². The van der Waals surface area contributed by atoms with Crippen molar-refractivity contribution in [2.24, 2.45) is 0 Å². The molecular weight excluding hydrogens is 226 g/mol. The third-order valence-corrected chi connectivity index (χ3v) is 2.81. The van der Waals surface area contributed by atoms with Crippen molar-refractivity contribution in [3.63, 3.8) is 0 Å². The van der Waals surface area contributed by atoms with E-state index in [0.717, 1.165) is 5.75 Å². The first-order valence-corrected chi connectivity index (χ1v) is 6.41. The number of benzene rings is 1. The molecule has 1 atom stereocenters. The first-order chi connectivity index (χ1) is 8.34. The minimum absolute atomic E-state index is 0.0370. The fourth-order valence-corrected chi connectivity index (χ4v) is 1.84. The average molecular weight is 251 g/mol. The molecule has 0 spiro atoms. The van der Waals surface area contributed by atoms with Crippen molar-refractivity contribution in [3.05, 3.63) is 29.3 Å². The molecule has 1 aromatic carbocycles. The molecule has 0 saturated carbocycles. The van der Waals surface area contributed by atoms with Crippen molar-refractivity contribution in [3.8, 4) is 5.75 Å². The maximum atomic E-state index is 9.67. The van der Waals surface area contributed by atoms with E-state index in [2.05, 4.69) is 39.1 Å². The van der Waals surface area contributed by atoms with E-state index in [0.29, 0.717) is 13.2 Å². The molecule has 0 aliphatic heterocycles. The Morgan fingerprint density at radius 2 is 2.00 bits per heavy atom. The molecule has 1 aromatic rings. The van der Waals surface area contributed by atoms with Crippen molar-refractivity contribution in [2.75, 3.05) is 20.2 Å². The predicted molar refractivity (Wildman–Crippen MR) is 75.3 cm³/mol. The Bertz CT molecular complexity index is 383. The van der Waals surface area contributed by atoms with E-state index in [1.54, 1.807) is 0 Å². The largest absolute Gasteiger partial charge is 0.491 e. The maximum absolute atomic E-state index is 9.67. The first-order valence-electron chi connectivity index (χ1n) is 6.41. The Kier molecular flexibility index (Phi) is 5.17. The van der Waals surface area contributed by atoms with Crippen LogP contribution in [0.1, 0.15) is 31.9 Å². The van der Waals surface area contributed by atoms with Gasteiger partial charge in [0.05, 0.1) is 0 Å². The Morgan fingerprint density at radius 1 is 1.33 bits per heavy atom. The van der Waals surface area contributed by atoms with Crippen LogP contribution in [0, 0.1) is 6.92 Å². The van der Waals surface area contributed by atoms with E-state index >= 15 is 0 Å². The molecule has 0 saturated heterocycles. The van der Waals surface area contributed by atoms with Crippen LogP contribution in [0.2, 0.25) is 0 Å². The van der Waals surface area contributed by atoms with Crippen LogP contribution < -0.4 is 10.1 Å². The van der Waals surface area contributed by atoms with Gasteiger partial charge in [-0.2, -0.15) is 0 Å². The van der Waals surface area contributed by atoms with Crippen molar-refractivity contribution in [2.45, 2.75) is 39.2 Å². The summed E-state index contributed by atoms with van der Waals surface area (Å²) in [5, 5.41) is 12.6. The lowest BCUT2D eigenvalue weighted by Gasteiger charge is -2.24. The molecule has 0 fully saturated rings. The Labute approximate surface area is 110 Å². The van der Waals surface area contributed by atoms with Gasteiger partial charge in [0.15, 0.2) is 0 Å². The summed E-state index contributed by atoms with van der Waals surface area (Å²) < 4.78 is 5.74. The second-order valence-corrected chi connectivity index (χ2v) is 5.77. The zero-order valence-corrected chi connectivity index (χ0v) is 12.1. The number of ether oxygens (including phenoxy) is 1. The molecule has 0 aliphatic rings.